The smallest absolute Gasteiger partial charge is 0.326 e. The molecule has 3 aromatic rings. The molecule has 0 bridgehead atoms. The van der Waals surface area contributed by atoms with Crippen molar-refractivity contribution in [2.75, 3.05) is 11.9 Å². The first kappa shape index (κ1) is 30.7. The third-order valence-corrected chi connectivity index (χ3v) is 8.02. The largest absolute Gasteiger partial charge is 0.488 e. The zero-order chi connectivity index (χ0) is 30.3. The number of aliphatic carboxylic acids is 1. The monoisotopic (exact) mass is 598 g/mol. The second-order valence-electron chi connectivity index (χ2n) is 10.1. The van der Waals surface area contributed by atoms with E-state index in [1.165, 1.54) is 40.2 Å². The summed E-state index contributed by atoms with van der Waals surface area (Å²) in [7, 11) is -4.65. The summed E-state index contributed by atoms with van der Waals surface area (Å²) in [6, 6.07) is 12.3. The minimum absolute atomic E-state index is 0.0537. The number of amides is 2. The van der Waals surface area contributed by atoms with Crippen molar-refractivity contribution >= 4 is 33.7 Å². The van der Waals surface area contributed by atoms with Gasteiger partial charge in [-0.05, 0) is 30.7 Å². The lowest BCUT2D eigenvalue weighted by Crippen LogP contribution is -2.44. The molecule has 224 valence electrons. The first-order chi connectivity index (χ1) is 20.1. The molecule has 13 heteroatoms. The van der Waals surface area contributed by atoms with E-state index in [-0.39, 0.29) is 24.3 Å². The lowest BCUT2D eigenvalue weighted by Gasteiger charge is -2.27. The first-order valence-corrected chi connectivity index (χ1v) is 15.2. The van der Waals surface area contributed by atoms with Crippen LogP contribution in [0.1, 0.15) is 61.8 Å². The van der Waals surface area contributed by atoms with Crippen molar-refractivity contribution in [2.24, 2.45) is 0 Å². The van der Waals surface area contributed by atoms with E-state index in [1.807, 2.05) is 18.2 Å². The molecule has 1 aliphatic heterocycles. The van der Waals surface area contributed by atoms with Crippen molar-refractivity contribution in [3.05, 3.63) is 72.7 Å². The number of likely N-dealkylation sites (tertiary alicyclic amines) is 1. The molecule has 2 heterocycles. The molecule has 3 atom stereocenters. The van der Waals surface area contributed by atoms with Gasteiger partial charge in [-0.15, -0.1) is 0 Å². The predicted molar refractivity (Wildman–Crippen MR) is 153 cm³/mol. The highest BCUT2D eigenvalue weighted by Crippen LogP contribution is 2.29. The van der Waals surface area contributed by atoms with Gasteiger partial charge in [0.15, 0.2) is 5.82 Å². The second kappa shape index (κ2) is 13.6. The van der Waals surface area contributed by atoms with Crippen LogP contribution >= 0.6 is 0 Å². The lowest BCUT2D eigenvalue weighted by molar-refractivity contribution is -0.149. The van der Waals surface area contributed by atoms with Crippen LogP contribution in [-0.4, -0.2) is 69.0 Å². The van der Waals surface area contributed by atoms with Gasteiger partial charge in [0.05, 0.1) is 18.4 Å². The number of nitrogens with zero attached hydrogens (tertiary/aromatic N) is 3. The topological polar surface area (TPSA) is 168 Å². The van der Waals surface area contributed by atoms with E-state index in [4.69, 9.17) is 4.74 Å². The number of carboxylic acid groups (broad SMARTS) is 1. The minimum Gasteiger partial charge on any atom is -0.488 e. The SMILES string of the molecule is CCCCCCC(C(=O)N1C[C@@H](Oc2ccccc2)C[C@H]1C(=O)O)n1cnc(NC(=O)c2ccccc2S(=O)(=O)O)c1. The molecule has 42 heavy (non-hydrogen) atoms. The third kappa shape index (κ3) is 7.53. The summed E-state index contributed by atoms with van der Waals surface area (Å²) in [4.78, 5) is 43.9. The second-order valence-corrected chi connectivity index (χ2v) is 11.5. The van der Waals surface area contributed by atoms with Crippen LogP contribution in [0.25, 0.3) is 0 Å². The zero-order valence-electron chi connectivity index (χ0n) is 23.1. The molecular formula is C29H34N4O8S. The molecule has 4 rings (SSSR count). The Morgan fingerprint density at radius 2 is 1.79 bits per heavy atom. The molecule has 0 radical (unpaired) electrons. The molecule has 0 aliphatic carbocycles. The summed E-state index contributed by atoms with van der Waals surface area (Å²) in [5.74, 6) is -1.69. The number of ether oxygens (including phenoxy) is 1. The predicted octanol–water partition coefficient (Wildman–Crippen LogP) is 4.03. The van der Waals surface area contributed by atoms with Crippen molar-refractivity contribution in [1.29, 1.82) is 0 Å². The molecule has 2 aromatic carbocycles. The highest BCUT2D eigenvalue weighted by atomic mass is 32.2. The molecule has 1 saturated heterocycles. The summed E-state index contributed by atoms with van der Waals surface area (Å²) in [5, 5.41) is 12.4. The fourth-order valence-corrected chi connectivity index (χ4v) is 5.73. The van der Waals surface area contributed by atoms with Gasteiger partial charge in [0.1, 0.15) is 28.8 Å². The van der Waals surface area contributed by atoms with Crippen LogP contribution in [0.2, 0.25) is 0 Å². The van der Waals surface area contributed by atoms with Gasteiger partial charge in [-0.1, -0.05) is 62.9 Å². The Morgan fingerprint density at radius 3 is 2.48 bits per heavy atom. The maximum Gasteiger partial charge on any atom is 0.326 e. The fraction of sp³-hybridized carbons (Fsp3) is 0.379. The van der Waals surface area contributed by atoms with Crippen LogP contribution in [0.4, 0.5) is 5.82 Å². The molecule has 1 aliphatic rings. The number of rotatable bonds is 13. The number of para-hydroxylation sites is 1. The van der Waals surface area contributed by atoms with E-state index >= 15 is 0 Å². The number of imidazole rings is 1. The number of unbranched alkanes of at least 4 members (excludes halogenated alkanes) is 3. The summed E-state index contributed by atoms with van der Waals surface area (Å²) in [6.07, 6.45) is 6.44. The molecule has 0 spiro atoms. The summed E-state index contributed by atoms with van der Waals surface area (Å²) in [5.41, 5.74) is -0.271. The number of aromatic nitrogens is 2. The Balaban J connectivity index is 1.55. The molecule has 2 amide bonds. The minimum atomic E-state index is -4.65. The number of carboxylic acids is 1. The average molecular weight is 599 g/mol. The molecule has 1 aromatic heterocycles. The van der Waals surface area contributed by atoms with Gasteiger partial charge in [-0.25, -0.2) is 9.78 Å². The van der Waals surface area contributed by atoms with Gasteiger partial charge in [0, 0.05) is 12.6 Å². The van der Waals surface area contributed by atoms with E-state index < -0.39 is 51.0 Å². The van der Waals surface area contributed by atoms with Crippen molar-refractivity contribution in [3.63, 3.8) is 0 Å². The highest BCUT2D eigenvalue weighted by Gasteiger charge is 2.43. The molecule has 1 fully saturated rings. The van der Waals surface area contributed by atoms with E-state index in [2.05, 4.69) is 17.2 Å². The van der Waals surface area contributed by atoms with Crippen molar-refractivity contribution in [3.8, 4) is 5.75 Å². The standard InChI is InChI=1S/C29H34N4O8S/c1-2-3-4-8-14-23(28(35)33-17-21(16-24(33)29(36)37)41-20-11-6-5-7-12-20)32-18-26(30-19-32)31-27(34)22-13-9-10-15-25(22)42(38,39)40/h5-7,9-13,15,18-19,21,23-24H,2-4,8,14,16-17H2,1H3,(H,31,34)(H,36,37)(H,38,39,40)/t21-,23?,24-/m0/s1. The number of hydrogen-bond acceptors (Lipinski definition) is 7. The third-order valence-electron chi connectivity index (χ3n) is 7.11. The van der Waals surface area contributed by atoms with Crippen LogP contribution in [0.15, 0.2) is 72.0 Å². The Bertz CT molecular complexity index is 1510. The van der Waals surface area contributed by atoms with Crippen molar-refractivity contribution < 1.29 is 37.2 Å². The Labute approximate surface area is 244 Å². The van der Waals surface area contributed by atoms with Gasteiger partial charge in [-0.2, -0.15) is 8.42 Å². The Hall–Kier alpha value is -4.23. The van der Waals surface area contributed by atoms with Crippen LogP contribution in [-0.2, 0) is 19.7 Å². The fourth-order valence-electron chi connectivity index (χ4n) is 5.04. The summed E-state index contributed by atoms with van der Waals surface area (Å²) in [6.45, 7) is 2.17. The van der Waals surface area contributed by atoms with Gasteiger partial charge >= 0.3 is 5.97 Å². The maximum absolute atomic E-state index is 13.9. The van der Waals surface area contributed by atoms with Crippen LogP contribution in [0, 0.1) is 0 Å². The Morgan fingerprint density at radius 1 is 1.07 bits per heavy atom. The van der Waals surface area contributed by atoms with Gasteiger partial charge in [0.25, 0.3) is 16.0 Å². The number of nitrogens with one attached hydrogen (secondary N) is 1. The molecule has 12 nitrogen and oxygen atoms in total. The van der Waals surface area contributed by atoms with E-state index in [9.17, 15) is 32.5 Å². The van der Waals surface area contributed by atoms with Crippen LogP contribution in [0.3, 0.4) is 0 Å². The van der Waals surface area contributed by atoms with E-state index in [0.29, 0.717) is 18.6 Å². The van der Waals surface area contributed by atoms with Gasteiger partial charge in [0.2, 0.25) is 5.91 Å². The lowest BCUT2D eigenvalue weighted by atomic mass is 10.1. The van der Waals surface area contributed by atoms with Gasteiger partial charge < -0.3 is 24.6 Å². The number of anilines is 1. The van der Waals surface area contributed by atoms with Crippen molar-refractivity contribution in [1.82, 2.24) is 14.5 Å². The van der Waals surface area contributed by atoms with Crippen molar-refractivity contribution in [2.45, 2.75) is 68.5 Å². The number of hydrogen-bond donors (Lipinski definition) is 3. The van der Waals surface area contributed by atoms with Crippen LogP contribution < -0.4 is 10.1 Å². The Kier molecular flexibility index (Phi) is 9.96. The number of benzene rings is 2. The zero-order valence-corrected chi connectivity index (χ0v) is 23.9. The number of carbonyl (C=O) groups is 3. The van der Waals surface area contributed by atoms with E-state index in [0.717, 1.165) is 25.3 Å². The van der Waals surface area contributed by atoms with Crippen LogP contribution in [0.5, 0.6) is 5.75 Å². The first-order valence-electron chi connectivity index (χ1n) is 13.7. The quantitative estimate of drug-likeness (QED) is 0.194. The number of carbonyl (C=O) groups excluding carboxylic acids is 2. The summed E-state index contributed by atoms with van der Waals surface area (Å²) >= 11 is 0. The highest BCUT2D eigenvalue weighted by molar-refractivity contribution is 7.86. The molecule has 1 unspecified atom stereocenters. The molecular weight excluding hydrogens is 564 g/mol. The molecule has 0 saturated carbocycles. The average Bonchev–Trinajstić information content (AvgIpc) is 3.60. The normalized spacial score (nSPS) is 17.5. The van der Waals surface area contributed by atoms with Gasteiger partial charge in [-0.3, -0.25) is 14.1 Å². The molecule has 3 N–H and O–H groups in total. The van der Waals surface area contributed by atoms with E-state index in [1.54, 1.807) is 12.1 Å². The maximum atomic E-state index is 13.9. The summed E-state index contributed by atoms with van der Waals surface area (Å²) < 4.78 is 40.4.